The number of rotatable bonds is 3. The van der Waals surface area contributed by atoms with Crippen LogP contribution in [0.25, 0.3) is 0 Å². The molecule has 0 saturated heterocycles. The van der Waals surface area contributed by atoms with E-state index in [1.165, 1.54) is 4.90 Å². The molecule has 0 aromatic carbocycles. The molecule has 1 saturated carbocycles. The molecule has 0 aliphatic heterocycles. The van der Waals surface area contributed by atoms with Gasteiger partial charge in [-0.1, -0.05) is 20.8 Å². The monoisotopic (exact) mass is 256 g/mol. The van der Waals surface area contributed by atoms with Crippen molar-refractivity contribution in [1.29, 1.82) is 0 Å². The van der Waals surface area contributed by atoms with E-state index in [9.17, 15) is 9.59 Å². The van der Waals surface area contributed by atoms with E-state index in [1.54, 1.807) is 0 Å². The average Bonchev–Trinajstić information content (AvgIpc) is 2.12. The number of carbonyl (C=O) groups is 2. The molecule has 0 aromatic rings. The van der Waals surface area contributed by atoms with E-state index in [0.29, 0.717) is 5.92 Å². The number of urea groups is 2. The van der Waals surface area contributed by atoms with Crippen molar-refractivity contribution in [2.24, 2.45) is 22.8 Å². The number of amides is 4. The first-order valence-electron chi connectivity index (χ1n) is 6.30. The summed E-state index contributed by atoms with van der Waals surface area (Å²) in [5, 5.41) is 2.43. The van der Waals surface area contributed by atoms with Gasteiger partial charge in [0.2, 0.25) is 0 Å². The highest BCUT2D eigenvalue weighted by atomic mass is 16.2. The lowest BCUT2D eigenvalue weighted by molar-refractivity contribution is 0.0843. The first-order chi connectivity index (χ1) is 8.21. The lowest BCUT2D eigenvalue weighted by Crippen LogP contribution is -2.53. The number of nitrogens with two attached hydrogens (primary N) is 2. The van der Waals surface area contributed by atoms with Gasteiger partial charge in [0.15, 0.2) is 0 Å². The Balaban J connectivity index is 2.72. The lowest BCUT2D eigenvalue weighted by atomic mass is 9.70. The summed E-state index contributed by atoms with van der Waals surface area (Å²) < 4.78 is 0. The van der Waals surface area contributed by atoms with Crippen molar-refractivity contribution in [3.05, 3.63) is 0 Å². The summed E-state index contributed by atoms with van der Waals surface area (Å²) in [4.78, 5) is 23.7. The maximum atomic E-state index is 11.5. The molecular weight excluding hydrogens is 232 g/mol. The summed E-state index contributed by atoms with van der Waals surface area (Å²) in [7, 11) is 0. The first-order valence-corrected chi connectivity index (χ1v) is 6.30. The number of nitrogens with one attached hydrogen (secondary N) is 1. The van der Waals surface area contributed by atoms with Crippen LogP contribution >= 0.6 is 0 Å². The molecule has 1 fully saturated rings. The van der Waals surface area contributed by atoms with E-state index in [2.05, 4.69) is 26.1 Å². The van der Waals surface area contributed by atoms with E-state index in [1.807, 2.05) is 0 Å². The molecule has 104 valence electrons. The molecule has 1 aliphatic rings. The number of carbonyl (C=O) groups excluding carboxylic acids is 2. The van der Waals surface area contributed by atoms with E-state index in [-0.39, 0.29) is 18.1 Å². The quantitative estimate of drug-likeness (QED) is 0.661. The zero-order valence-electron chi connectivity index (χ0n) is 11.4. The molecule has 5 N–H and O–H groups in total. The predicted octanol–water partition coefficient (Wildman–Crippen LogP) is 1.21. The van der Waals surface area contributed by atoms with Gasteiger partial charge in [-0.15, -0.1) is 0 Å². The molecule has 0 bridgehead atoms. The number of nitrogens with zero attached hydrogens (tertiary/aromatic N) is 1. The standard InChI is InChI=1S/C12H24N4O2/c1-8-4-9(6-12(2,3)5-8)16(11(14)18)7-15-10(13)17/h8-9H,4-7H2,1-3H3,(H2,14,18)(H3,13,15,17). The van der Waals surface area contributed by atoms with Gasteiger partial charge >= 0.3 is 12.1 Å². The molecule has 6 nitrogen and oxygen atoms in total. The Morgan fingerprint density at radius 3 is 2.39 bits per heavy atom. The minimum atomic E-state index is -0.649. The maximum absolute atomic E-state index is 11.5. The Bertz CT molecular complexity index is 330. The van der Waals surface area contributed by atoms with E-state index >= 15 is 0 Å². The molecule has 0 radical (unpaired) electrons. The lowest BCUT2D eigenvalue weighted by Gasteiger charge is -2.43. The highest BCUT2D eigenvalue weighted by Gasteiger charge is 2.36. The van der Waals surface area contributed by atoms with Crippen LogP contribution in [0.15, 0.2) is 0 Å². The molecule has 0 aromatic heterocycles. The van der Waals surface area contributed by atoms with Gasteiger partial charge in [-0.05, 0) is 30.6 Å². The molecule has 0 spiro atoms. The molecule has 2 atom stereocenters. The van der Waals surface area contributed by atoms with Gasteiger partial charge in [0.1, 0.15) is 0 Å². The van der Waals surface area contributed by atoms with Gasteiger partial charge in [0.05, 0.1) is 6.67 Å². The zero-order valence-corrected chi connectivity index (χ0v) is 11.4. The third-order valence-electron chi connectivity index (χ3n) is 3.51. The van der Waals surface area contributed by atoms with Crippen LogP contribution in [0.3, 0.4) is 0 Å². The second kappa shape index (κ2) is 5.46. The summed E-state index contributed by atoms with van der Waals surface area (Å²) in [6.07, 6.45) is 2.94. The predicted molar refractivity (Wildman–Crippen MR) is 69.6 cm³/mol. The SMILES string of the molecule is CC1CC(N(CNC(N)=O)C(N)=O)CC(C)(C)C1. The molecule has 1 aliphatic carbocycles. The van der Waals surface area contributed by atoms with Gasteiger partial charge in [0, 0.05) is 6.04 Å². The van der Waals surface area contributed by atoms with Crippen molar-refractivity contribution in [1.82, 2.24) is 10.2 Å². The fraction of sp³-hybridized carbons (Fsp3) is 0.833. The van der Waals surface area contributed by atoms with Crippen molar-refractivity contribution in [3.63, 3.8) is 0 Å². The second-order valence-electron chi connectivity index (χ2n) is 6.07. The Morgan fingerprint density at radius 2 is 1.94 bits per heavy atom. The molecule has 4 amide bonds. The highest BCUT2D eigenvalue weighted by molar-refractivity contribution is 5.74. The van der Waals surface area contributed by atoms with E-state index in [4.69, 9.17) is 11.5 Å². The average molecular weight is 256 g/mol. The van der Waals surface area contributed by atoms with Crippen molar-refractivity contribution in [2.45, 2.75) is 46.1 Å². The Hall–Kier alpha value is -1.46. The molecular formula is C12H24N4O2. The third kappa shape index (κ3) is 4.09. The fourth-order valence-corrected chi connectivity index (χ4v) is 3.08. The molecule has 2 unspecified atom stereocenters. The van der Waals surface area contributed by atoms with Gasteiger partial charge in [-0.3, -0.25) is 0 Å². The van der Waals surface area contributed by atoms with Crippen LogP contribution in [0.1, 0.15) is 40.0 Å². The van der Waals surface area contributed by atoms with Crippen LogP contribution in [0, 0.1) is 11.3 Å². The Labute approximate surface area is 108 Å². The molecule has 18 heavy (non-hydrogen) atoms. The van der Waals surface area contributed by atoms with Gasteiger partial charge in [-0.2, -0.15) is 0 Å². The van der Waals surface area contributed by atoms with Crippen molar-refractivity contribution in [3.8, 4) is 0 Å². The minimum absolute atomic E-state index is 0.0631. The van der Waals surface area contributed by atoms with Crippen molar-refractivity contribution >= 4 is 12.1 Å². The molecule has 6 heteroatoms. The Kier molecular flexibility index (Phi) is 4.43. The largest absolute Gasteiger partial charge is 0.352 e. The highest BCUT2D eigenvalue weighted by Crippen LogP contribution is 2.40. The van der Waals surface area contributed by atoms with Crippen LogP contribution in [0.2, 0.25) is 0 Å². The second-order valence-corrected chi connectivity index (χ2v) is 6.07. The van der Waals surface area contributed by atoms with Crippen LogP contribution in [-0.4, -0.2) is 29.7 Å². The van der Waals surface area contributed by atoms with E-state index < -0.39 is 12.1 Å². The normalized spacial score (nSPS) is 26.4. The van der Waals surface area contributed by atoms with Gasteiger partial charge < -0.3 is 21.7 Å². The zero-order chi connectivity index (χ0) is 13.9. The summed E-state index contributed by atoms with van der Waals surface area (Å²) in [6, 6.07) is -1.10. The number of hydrogen-bond donors (Lipinski definition) is 3. The van der Waals surface area contributed by atoms with Gasteiger partial charge in [0.25, 0.3) is 0 Å². The minimum Gasteiger partial charge on any atom is -0.352 e. The van der Waals surface area contributed by atoms with Crippen LogP contribution < -0.4 is 16.8 Å². The molecule has 1 rings (SSSR count). The maximum Gasteiger partial charge on any atom is 0.316 e. The number of hydrogen-bond acceptors (Lipinski definition) is 2. The van der Waals surface area contributed by atoms with Crippen LogP contribution in [0.5, 0.6) is 0 Å². The summed E-state index contributed by atoms with van der Waals surface area (Å²) in [5.74, 6) is 0.536. The summed E-state index contributed by atoms with van der Waals surface area (Å²) in [5.41, 5.74) is 10.6. The van der Waals surface area contributed by atoms with Crippen LogP contribution in [0.4, 0.5) is 9.59 Å². The smallest absolute Gasteiger partial charge is 0.316 e. The van der Waals surface area contributed by atoms with Crippen LogP contribution in [-0.2, 0) is 0 Å². The fourth-order valence-electron chi connectivity index (χ4n) is 3.08. The van der Waals surface area contributed by atoms with Gasteiger partial charge in [-0.25, -0.2) is 9.59 Å². The van der Waals surface area contributed by atoms with Crippen molar-refractivity contribution < 1.29 is 9.59 Å². The third-order valence-corrected chi connectivity index (χ3v) is 3.51. The molecule has 0 heterocycles. The first kappa shape index (κ1) is 14.6. The summed E-state index contributed by atoms with van der Waals surface area (Å²) in [6.45, 7) is 6.64. The van der Waals surface area contributed by atoms with E-state index in [0.717, 1.165) is 19.3 Å². The topological polar surface area (TPSA) is 101 Å². The number of primary amides is 2. The van der Waals surface area contributed by atoms with Crippen molar-refractivity contribution in [2.75, 3.05) is 6.67 Å². The Morgan fingerprint density at radius 1 is 1.33 bits per heavy atom. The summed E-state index contributed by atoms with van der Waals surface area (Å²) >= 11 is 0.